The first-order valence-electron chi connectivity index (χ1n) is 8.30. The monoisotopic (exact) mass is 432 g/mol. The van der Waals surface area contributed by atoms with Gasteiger partial charge in [-0.1, -0.05) is 11.6 Å². The summed E-state index contributed by atoms with van der Waals surface area (Å²) in [5.74, 6) is 0.818. The molecule has 0 aliphatic carbocycles. The van der Waals surface area contributed by atoms with Crippen LogP contribution in [-0.2, 0) is 12.7 Å². The lowest BCUT2D eigenvalue weighted by Crippen LogP contribution is -2.34. The lowest BCUT2D eigenvalue weighted by Gasteiger charge is -2.35. The van der Waals surface area contributed by atoms with E-state index in [9.17, 15) is 28.4 Å². The normalized spacial score (nSPS) is 16.4. The highest BCUT2D eigenvalue weighted by atomic mass is 35.5. The highest BCUT2D eigenvalue weighted by Crippen LogP contribution is 2.45. The second kappa shape index (κ2) is 7.60. The van der Waals surface area contributed by atoms with E-state index in [1.165, 1.54) is 19.1 Å². The van der Waals surface area contributed by atoms with Gasteiger partial charge in [-0.3, -0.25) is 10.1 Å². The molecule has 2 aromatic rings. The van der Waals surface area contributed by atoms with Crippen LogP contribution in [0.25, 0.3) is 0 Å². The van der Waals surface area contributed by atoms with Crippen molar-refractivity contribution in [3.05, 3.63) is 56.1 Å². The molecule has 0 amide bonds. The van der Waals surface area contributed by atoms with Gasteiger partial charge in [-0.2, -0.15) is 13.2 Å². The van der Waals surface area contributed by atoms with Gasteiger partial charge in [0.25, 0.3) is 5.69 Å². The number of nitrogens with zero attached hydrogens (tertiary/aromatic N) is 2. The topological polar surface area (TPSA) is 85.1 Å². The zero-order valence-electron chi connectivity index (χ0n) is 15.3. The van der Waals surface area contributed by atoms with E-state index in [4.69, 9.17) is 21.1 Å². The summed E-state index contributed by atoms with van der Waals surface area (Å²) in [5.41, 5.74) is -1.23. The molecule has 7 nitrogen and oxygen atoms in total. The molecule has 1 heterocycles. The van der Waals surface area contributed by atoms with E-state index >= 15 is 0 Å². The number of hydrogen-bond donors (Lipinski definition) is 1. The van der Waals surface area contributed by atoms with Gasteiger partial charge in [0, 0.05) is 30.3 Å². The summed E-state index contributed by atoms with van der Waals surface area (Å²) in [4.78, 5) is 11.9. The maximum absolute atomic E-state index is 13.1. The number of nitro groups is 1. The minimum atomic E-state index is -4.84. The van der Waals surface area contributed by atoms with Crippen molar-refractivity contribution in [3.63, 3.8) is 0 Å². The quantitative estimate of drug-likeness (QED) is 0.571. The van der Waals surface area contributed by atoms with Crippen molar-refractivity contribution in [1.82, 2.24) is 0 Å². The Kier molecular flexibility index (Phi) is 5.50. The van der Waals surface area contributed by atoms with Gasteiger partial charge >= 0.3 is 6.18 Å². The number of methoxy groups -OCH3 is 2. The lowest BCUT2D eigenvalue weighted by molar-refractivity contribution is -0.384. The Morgan fingerprint density at radius 2 is 1.86 bits per heavy atom. The summed E-state index contributed by atoms with van der Waals surface area (Å²) in [6.07, 6.45) is -5.96. The number of halogens is 4. The Balaban J connectivity index is 2.14. The number of aliphatic hydroxyl groups is 1. The zero-order chi connectivity index (χ0) is 21.5. The molecule has 0 unspecified atom stereocenters. The molecule has 0 fully saturated rings. The first-order valence-corrected chi connectivity index (χ1v) is 8.68. The van der Waals surface area contributed by atoms with Crippen LogP contribution in [0, 0.1) is 10.1 Å². The van der Waals surface area contributed by atoms with Gasteiger partial charge in [0.15, 0.2) is 0 Å². The molecule has 3 rings (SSSR count). The summed E-state index contributed by atoms with van der Waals surface area (Å²) in [6.45, 7) is -0.0750. The molecule has 156 valence electrons. The summed E-state index contributed by atoms with van der Waals surface area (Å²) >= 11 is 5.78. The maximum Gasteiger partial charge on any atom is 0.418 e. The van der Waals surface area contributed by atoms with Crippen LogP contribution in [0.4, 0.5) is 24.5 Å². The number of fused-ring (bicyclic) bond motifs is 1. The number of alkyl halides is 3. The van der Waals surface area contributed by atoms with Crippen molar-refractivity contribution in [1.29, 1.82) is 0 Å². The van der Waals surface area contributed by atoms with Crippen LogP contribution >= 0.6 is 11.6 Å². The van der Waals surface area contributed by atoms with Gasteiger partial charge in [0.05, 0.1) is 29.7 Å². The third-order valence-corrected chi connectivity index (χ3v) is 5.01. The molecule has 0 saturated heterocycles. The number of hydrogen-bond acceptors (Lipinski definition) is 6. The van der Waals surface area contributed by atoms with Crippen molar-refractivity contribution >= 4 is 23.0 Å². The van der Waals surface area contributed by atoms with Crippen molar-refractivity contribution < 1.29 is 32.7 Å². The fourth-order valence-corrected chi connectivity index (χ4v) is 3.69. The highest BCUT2D eigenvalue weighted by Gasteiger charge is 2.38. The maximum atomic E-state index is 13.1. The van der Waals surface area contributed by atoms with Gasteiger partial charge in [-0.15, -0.1) is 0 Å². The minimum absolute atomic E-state index is 0.0370. The van der Waals surface area contributed by atoms with Gasteiger partial charge < -0.3 is 19.5 Å². The van der Waals surface area contributed by atoms with Gasteiger partial charge in [-0.25, -0.2) is 0 Å². The lowest BCUT2D eigenvalue weighted by atomic mass is 9.94. The summed E-state index contributed by atoms with van der Waals surface area (Å²) < 4.78 is 49.9. The zero-order valence-corrected chi connectivity index (χ0v) is 16.0. The summed E-state index contributed by atoms with van der Waals surface area (Å²) in [7, 11) is 2.85. The standard InChI is InChI=1S/C18H16ClF3N2O5/c1-28-15-3-4-16(29-2)17-9(15)7-23(8-14(17)25)12-6-11(19)10(18(20,21)22)5-13(12)24(26)27/h3-6,14,25H,7-8H2,1-2H3/t14-/m0/s1. The first-order chi connectivity index (χ1) is 13.6. The molecule has 0 spiro atoms. The molecule has 1 atom stereocenters. The second-order valence-corrected chi connectivity index (χ2v) is 6.74. The number of anilines is 1. The smallest absolute Gasteiger partial charge is 0.418 e. The van der Waals surface area contributed by atoms with Crippen molar-refractivity contribution in [2.45, 2.75) is 18.8 Å². The van der Waals surface area contributed by atoms with Crippen LogP contribution in [0.5, 0.6) is 11.5 Å². The number of rotatable bonds is 4. The molecule has 0 aromatic heterocycles. The van der Waals surface area contributed by atoms with Gasteiger partial charge in [0.2, 0.25) is 0 Å². The van der Waals surface area contributed by atoms with Crippen LogP contribution in [0.3, 0.4) is 0 Å². The molecule has 1 aliphatic rings. The van der Waals surface area contributed by atoms with Gasteiger partial charge in [0.1, 0.15) is 23.3 Å². The average molecular weight is 433 g/mol. The van der Waals surface area contributed by atoms with Crippen LogP contribution in [0.1, 0.15) is 22.8 Å². The molecule has 0 bridgehead atoms. The summed E-state index contributed by atoms with van der Waals surface area (Å²) in [5, 5.41) is 21.4. The molecule has 0 radical (unpaired) electrons. The average Bonchev–Trinajstić information content (AvgIpc) is 2.65. The molecule has 1 aliphatic heterocycles. The fraction of sp³-hybridized carbons (Fsp3) is 0.333. The van der Waals surface area contributed by atoms with Crippen LogP contribution in [0.2, 0.25) is 5.02 Å². The van der Waals surface area contributed by atoms with E-state index < -0.39 is 33.5 Å². The molecule has 0 saturated carbocycles. The van der Waals surface area contributed by atoms with Crippen molar-refractivity contribution in [2.75, 3.05) is 25.7 Å². The molecular formula is C18H16ClF3N2O5. The van der Waals surface area contributed by atoms with E-state index in [0.29, 0.717) is 28.7 Å². The molecular weight excluding hydrogens is 417 g/mol. The van der Waals surface area contributed by atoms with Crippen molar-refractivity contribution in [2.24, 2.45) is 0 Å². The fourth-order valence-electron chi connectivity index (χ4n) is 3.43. The van der Waals surface area contributed by atoms with E-state index in [-0.39, 0.29) is 18.8 Å². The number of aliphatic hydroxyl groups excluding tert-OH is 1. The minimum Gasteiger partial charge on any atom is -0.496 e. The molecule has 1 N–H and O–H groups in total. The predicted molar refractivity (Wildman–Crippen MR) is 98.7 cm³/mol. The van der Waals surface area contributed by atoms with Crippen LogP contribution in [0.15, 0.2) is 24.3 Å². The number of β-amino-alcohol motifs (C(OH)–C–C–N with tert-alkyl or cyclic N) is 1. The molecule has 2 aromatic carbocycles. The van der Waals surface area contributed by atoms with E-state index in [0.717, 1.165) is 6.07 Å². The summed E-state index contributed by atoms with van der Waals surface area (Å²) in [6, 6.07) is 4.53. The van der Waals surface area contributed by atoms with E-state index in [1.54, 1.807) is 12.1 Å². The van der Waals surface area contributed by atoms with E-state index in [2.05, 4.69) is 0 Å². The first kappa shape index (κ1) is 21.0. The second-order valence-electron chi connectivity index (χ2n) is 6.33. The Morgan fingerprint density at radius 3 is 2.41 bits per heavy atom. The van der Waals surface area contributed by atoms with Crippen LogP contribution < -0.4 is 14.4 Å². The number of benzene rings is 2. The number of nitro benzene ring substituents is 1. The van der Waals surface area contributed by atoms with Crippen LogP contribution in [-0.4, -0.2) is 30.8 Å². The Bertz CT molecular complexity index is 967. The molecule has 29 heavy (non-hydrogen) atoms. The largest absolute Gasteiger partial charge is 0.496 e. The highest BCUT2D eigenvalue weighted by molar-refractivity contribution is 6.31. The third kappa shape index (κ3) is 3.77. The Morgan fingerprint density at radius 1 is 1.24 bits per heavy atom. The molecule has 11 heteroatoms. The SMILES string of the molecule is COc1ccc(OC)c2c1CN(c1cc(Cl)c(C(F)(F)F)cc1[N+](=O)[O-])C[C@@H]2O. The Hall–Kier alpha value is -2.72. The van der Waals surface area contributed by atoms with Gasteiger partial charge in [-0.05, 0) is 18.2 Å². The predicted octanol–water partition coefficient (Wildman–Crippen LogP) is 4.34. The Labute approximate surface area is 168 Å². The van der Waals surface area contributed by atoms with Crippen molar-refractivity contribution in [3.8, 4) is 11.5 Å². The van der Waals surface area contributed by atoms with E-state index in [1.807, 2.05) is 0 Å². The third-order valence-electron chi connectivity index (χ3n) is 4.70. The number of ether oxygens (including phenoxy) is 2.